The second kappa shape index (κ2) is 6.87. The minimum Gasteiger partial charge on any atom is -0.486 e. The minimum atomic E-state index is 0.224. The van der Waals surface area contributed by atoms with E-state index in [1.54, 1.807) is 11.8 Å². The van der Waals surface area contributed by atoms with Crippen molar-refractivity contribution in [3.05, 3.63) is 23.8 Å². The van der Waals surface area contributed by atoms with Crippen molar-refractivity contribution in [2.45, 2.75) is 6.04 Å². The molecule has 1 unspecified atom stereocenters. The van der Waals surface area contributed by atoms with Gasteiger partial charge in [0.15, 0.2) is 11.5 Å². The highest BCUT2D eigenvalue weighted by molar-refractivity contribution is 7.99. The van der Waals surface area contributed by atoms with Crippen LogP contribution in [0.3, 0.4) is 0 Å². The van der Waals surface area contributed by atoms with Crippen molar-refractivity contribution in [1.29, 1.82) is 0 Å². The molecule has 1 aromatic carbocycles. The third kappa shape index (κ3) is 3.31. The Morgan fingerprint density at radius 1 is 1.33 bits per heavy atom. The van der Waals surface area contributed by atoms with Crippen molar-refractivity contribution in [3.8, 4) is 11.5 Å². The molecule has 0 spiro atoms. The molecular formula is C13H19NO3S. The third-order valence-electron chi connectivity index (χ3n) is 2.84. The number of fused-ring (bicyclic) bond motifs is 1. The molecule has 0 aliphatic carbocycles. The maximum Gasteiger partial charge on any atom is 0.161 e. The zero-order valence-corrected chi connectivity index (χ0v) is 11.3. The molecule has 1 aliphatic heterocycles. The number of nitrogens with one attached hydrogen (secondary N) is 1. The molecule has 5 heteroatoms. The Morgan fingerprint density at radius 2 is 2.11 bits per heavy atom. The first-order valence-corrected chi connectivity index (χ1v) is 7.26. The van der Waals surface area contributed by atoms with Gasteiger partial charge < -0.3 is 19.9 Å². The van der Waals surface area contributed by atoms with Gasteiger partial charge in [0.05, 0.1) is 6.61 Å². The van der Waals surface area contributed by atoms with Gasteiger partial charge in [-0.3, -0.25) is 0 Å². The van der Waals surface area contributed by atoms with Crippen LogP contribution in [0.2, 0.25) is 0 Å². The molecule has 0 saturated carbocycles. The molecule has 1 aliphatic rings. The van der Waals surface area contributed by atoms with Crippen molar-refractivity contribution in [3.63, 3.8) is 0 Å². The predicted octanol–water partition coefficient (Wildman–Crippen LogP) is 1.44. The fourth-order valence-corrected chi connectivity index (χ4v) is 2.78. The number of aliphatic hydroxyl groups is 1. The van der Waals surface area contributed by atoms with Gasteiger partial charge in [0.25, 0.3) is 0 Å². The highest BCUT2D eigenvalue weighted by Gasteiger charge is 2.15. The summed E-state index contributed by atoms with van der Waals surface area (Å²) in [6, 6.07) is 6.33. The summed E-state index contributed by atoms with van der Waals surface area (Å²) in [5.74, 6) is 3.34. The monoisotopic (exact) mass is 269 g/mol. The fraction of sp³-hybridized carbons (Fsp3) is 0.538. The van der Waals surface area contributed by atoms with Gasteiger partial charge in [-0.2, -0.15) is 11.8 Å². The van der Waals surface area contributed by atoms with E-state index in [-0.39, 0.29) is 12.6 Å². The van der Waals surface area contributed by atoms with Gasteiger partial charge in [0, 0.05) is 17.5 Å². The van der Waals surface area contributed by atoms with Crippen LogP contribution in [0, 0.1) is 0 Å². The van der Waals surface area contributed by atoms with Crippen LogP contribution in [0.5, 0.6) is 11.5 Å². The van der Waals surface area contributed by atoms with Crippen LogP contribution in [0.1, 0.15) is 11.6 Å². The molecule has 0 bridgehead atoms. The van der Waals surface area contributed by atoms with Crippen LogP contribution in [-0.4, -0.2) is 43.5 Å². The fourth-order valence-electron chi connectivity index (χ4n) is 1.89. The van der Waals surface area contributed by atoms with Crippen molar-refractivity contribution in [2.24, 2.45) is 0 Å². The Morgan fingerprint density at radius 3 is 2.83 bits per heavy atom. The van der Waals surface area contributed by atoms with Gasteiger partial charge in [-0.25, -0.2) is 0 Å². The standard InChI is InChI=1S/C13H19NO3S/c1-14-11(9-18-7-4-15)10-2-3-12-13(8-10)17-6-5-16-12/h2-3,8,11,14-15H,4-7,9H2,1H3. The van der Waals surface area contributed by atoms with E-state index >= 15 is 0 Å². The SMILES string of the molecule is CNC(CSCCO)c1ccc2c(c1)OCCO2. The van der Waals surface area contributed by atoms with E-state index in [4.69, 9.17) is 14.6 Å². The second-order valence-electron chi connectivity index (χ2n) is 4.04. The molecule has 2 N–H and O–H groups in total. The maximum atomic E-state index is 8.80. The van der Waals surface area contributed by atoms with Gasteiger partial charge >= 0.3 is 0 Å². The van der Waals surface area contributed by atoms with E-state index in [1.165, 1.54) is 5.56 Å². The van der Waals surface area contributed by atoms with Crippen LogP contribution in [0.15, 0.2) is 18.2 Å². The van der Waals surface area contributed by atoms with Gasteiger partial charge in [-0.15, -0.1) is 0 Å². The van der Waals surface area contributed by atoms with Crippen molar-refractivity contribution in [1.82, 2.24) is 5.32 Å². The number of aliphatic hydroxyl groups excluding tert-OH is 1. The van der Waals surface area contributed by atoms with Crippen LogP contribution in [0.25, 0.3) is 0 Å². The lowest BCUT2D eigenvalue weighted by atomic mass is 10.1. The van der Waals surface area contributed by atoms with Crippen molar-refractivity contribution < 1.29 is 14.6 Å². The van der Waals surface area contributed by atoms with E-state index < -0.39 is 0 Å². The lowest BCUT2D eigenvalue weighted by Gasteiger charge is -2.22. The van der Waals surface area contributed by atoms with Gasteiger partial charge in [0.1, 0.15) is 13.2 Å². The quantitative estimate of drug-likeness (QED) is 0.765. The molecule has 0 aromatic heterocycles. The average Bonchev–Trinajstić information content (AvgIpc) is 2.43. The number of benzene rings is 1. The molecule has 1 aromatic rings. The summed E-state index contributed by atoms with van der Waals surface area (Å²) < 4.78 is 11.1. The summed E-state index contributed by atoms with van der Waals surface area (Å²) in [6.45, 7) is 1.45. The predicted molar refractivity (Wildman–Crippen MR) is 73.6 cm³/mol. The molecule has 100 valence electrons. The Bertz CT molecular complexity index is 386. The van der Waals surface area contributed by atoms with Gasteiger partial charge in [-0.05, 0) is 24.7 Å². The van der Waals surface area contributed by atoms with Crippen molar-refractivity contribution in [2.75, 3.05) is 38.4 Å². The minimum absolute atomic E-state index is 0.224. The molecular weight excluding hydrogens is 250 g/mol. The number of rotatable bonds is 6. The largest absolute Gasteiger partial charge is 0.486 e. The Labute approximate surface area is 112 Å². The summed E-state index contributed by atoms with van der Waals surface area (Å²) >= 11 is 1.73. The van der Waals surface area contributed by atoms with E-state index in [9.17, 15) is 0 Å². The van der Waals surface area contributed by atoms with E-state index in [2.05, 4.69) is 11.4 Å². The third-order valence-corrected chi connectivity index (χ3v) is 3.88. The topological polar surface area (TPSA) is 50.7 Å². The summed E-state index contributed by atoms with van der Waals surface area (Å²) in [5.41, 5.74) is 1.19. The van der Waals surface area contributed by atoms with Crippen LogP contribution in [0.4, 0.5) is 0 Å². The van der Waals surface area contributed by atoms with E-state index in [1.807, 2.05) is 19.2 Å². The Kier molecular flexibility index (Phi) is 5.16. The van der Waals surface area contributed by atoms with Crippen LogP contribution < -0.4 is 14.8 Å². The molecule has 0 saturated heterocycles. The molecule has 1 heterocycles. The molecule has 1 atom stereocenters. The second-order valence-corrected chi connectivity index (χ2v) is 5.19. The average molecular weight is 269 g/mol. The lowest BCUT2D eigenvalue weighted by molar-refractivity contribution is 0.171. The first-order chi connectivity index (χ1) is 8.85. The highest BCUT2D eigenvalue weighted by atomic mass is 32.2. The zero-order valence-electron chi connectivity index (χ0n) is 10.5. The smallest absolute Gasteiger partial charge is 0.161 e. The molecule has 0 radical (unpaired) electrons. The lowest BCUT2D eigenvalue weighted by Crippen LogP contribution is -2.20. The number of hydrogen-bond donors (Lipinski definition) is 2. The zero-order chi connectivity index (χ0) is 12.8. The summed E-state index contributed by atoms with van der Waals surface area (Å²) in [7, 11) is 1.95. The Balaban J connectivity index is 2.05. The van der Waals surface area contributed by atoms with Crippen LogP contribution >= 0.6 is 11.8 Å². The normalized spacial score (nSPS) is 15.4. The number of thioether (sulfide) groups is 1. The van der Waals surface area contributed by atoms with Crippen molar-refractivity contribution >= 4 is 11.8 Å². The molecule has 4 nitrogen and oxygen atoms in total. The van der Waals surface area contributed by atoms with Gasteiger partial charge in [0.2, 0.25) is 0 Å². The molecule has 0 amide bonds. The van der Waals surface area contributed by atoms with E-state index in [0.29, 0.717) is 13.2 Å². The summed E-state index contributed by atoms with van der Waals surface area (Å²) in [5, 5.41) is 12.1. The first-order valence-electron chi connectivity index (χ1n) is 6.10. The maximum absolute atomic E-state index is 8.80. The van der Waals surface area contributed by atoms with Crippen LogP contribution in [-0.2, 0) is 0 Å². The number of ether oxygens (including phenoxy) is 2. The highest BCUT2D eigenvalue weighted by Crippen LogP contribution is 2.33. The molecule has 2 rings (SSSR count). The van der Waals surface area contributed by atoms with Gasteiger partial charge in [-0.1, -0.05) is 6.07 Å². The number of hydrogen-bond acceptors (Lipinski definition) is 5. The molecule has 18 heavy (non-hydrogen) atoms. The first kappa shape index (κ1) is 13.5. The van der Waals surface area contributed by atoms with E-state index in [0.717, 1.165) is 23.0 Å². The summed E-state index contributed by atoms with van der Waals surface area (Å²) in [4.78, 5) is 0. The summed E-state index contributed by atoms with van der Waals surface area (Å²) in [6.07, 6.45) is 0. The molecule has 0 fully saturated rings. The Hall–Kier alpha value is -0.910.